The van der Waals surface area contributed by atoms with Crippen LogP contribution in [0.5, 0.6) is 0 Å². The Morgan fingerprint density at radius 2 is 1.61 bits per heavy atom. The van der Waals surface area contributed by atoms with Crippen molar-refractivity contribution in [2.75, 3.05) is 5.32 Å². The second-order valence-corrected chi connectivity index (χ2v) is 8.48. The predicted molar refractivity (Wildman–Crippen MR) is 132 cm³/mol. The summed E-state index contributed by atoms with van der Waals surface area (Å²) < 4.78 is 5.95. The van der Waals surface area contributed by atoms with E-state index in [0.717, 1.165) is 32.6 Å². The summed E-state index contributed by atoms with van der Waals surface area (Å²) in [6, 6.07) is 28.7. The van der Waals surface area contributed by atoms with Crippen LogP contribution in [-0.4, -0.2) is 15.9 Å². The van der Waals surface area contributed by atoms with E-state index in [-0.39, 0.29) is 5.91 Å². The summed E-state index contributed by atoms with van der Waals surface area (Å²) in [6.45, 7) is 0. The summed E-state index contributed by atoms with van der Waals surface area (Å²) in [6.07, 6.45) is 0. The monoisotopic (exact) mass is 447 g/mol. The maximum absolute atomic E-state index is 13.5. The van der Waals surface area contributed by atoms with Gasteiger partial charge in [-0.15, -0.1) is 11.3 Å². The molecule has 158 valence electrons. The topological polar surface area (TPSA) is 68.0 Å². The minimum Gasteiger partial charge on any atom is -0.436 e. The van der Waals surface area contributed by atoms with Gasteiger partial charge in [-0.3, -0.25) is 4.79 Å². The number of carbonyl (C=O) groups excluding carboxylic acids is 1. The fraction of sp³-hybridized carbons (Fsp3) is 0. The van der Waals surface area contributed by atoms with E-state index in [4.69, 9.17) is 9.40 Å². The molecule has 3 aromatic heterocycles. The standard InChI is InChI=1S/C27H17N3O2S/c31-26(19-16-23(25-14-7-15-33-25)28-20-10-3-1-8-17(19)20)29-21-11-4-2-9-18(21)27-30-22-12-5-6-13-24(22)32-27/h1-16H,(H,29,31). The van der Waals surface area contributed by atoms with Crippen molar-refractivity contribution in [2.45, 2.75) is 0 Å². The van der Waals surface area contributed by atoms with Crippen LogP contribution < -0.4 is 5.32 Å². The molecule has 6 rings (SSSR count). The number of fused-ring (bicyclic) bond motifs is 2. The first-order valence-electron chi connectivity index (χ1n) is 10.5. The van der Waals surface area contributed by atoms with Crippen LogP contribution in [0.25, 0.3) is 44.0 Å². The third-order valence-corrected chi connectivity index (χ3v) is 6.33. The number of thiophene rings is 1. The fourth-order valence-electron chi connectivity index (χ4n) is 3.87. The van der Waals surface area contributed by atoms with Crippen LogP contribution in [0.2, 0.25) is 0 Å². The minimum atomic E-state index is -0.213. The lowest BCUT2D eigenvalue weighted by Gasteiger charge is -2.12. The second-order valence-electron chi connectivity index (χ2n) is 7.54. The fourth-order valence-corrected chi connectivity index (χ4v) is 4.56. The molecule has 0 saturated heterocycles. The first-order valence-corrected chi connectivity index (χ1v) is 11.3. The second kappa shape index (κ2) is 8.00. The van der Waals surface area contributed by atoms with Crippen molar-refractivity contribution >= 4 is 44.9 Å². The van der Waals surface area contributed by atoms with Crippen molar-refractivity contribution in [3.63, 3.8) is 0 Å². The Bertz CT molecular complexity index is 1590. The predicted octanol–water partition coefficient (Wildman–Crippen LogP) is 7.02. The molecule has 1 N–H and O–H groups in total. The molecule has 6 aromatic rings. The molecule has 0 radical (unpaired) electrons. The van der Waals surface area contributed by atoms with E-state index in [1.165, 1.54) is 0 Å². The molecule has 0 aliphatic heterocycles. The zero-order valence-corrected chi connectivity index (χ0v) is 18.2. The van der Waals surface area contributed by atoms with Crippen molar-refractivity contribution in [1.29, 1.82) is 0 Å². The highest BCUT2D eigenvalue weighted by molar-refractivity contribution is 7.13. The van der Waals surface area contributed by atoms with Gasteiger partial charge >= 0.3 is 0 Å². The number of amides is 1. The summed E-state index contributed by atoms with van der Waals surface area (Å²) >= 11 is 1.60. The lowest BCUT2D eigenvalue weighted by Crippen LogP contribution is -2.13. The van der Waals surface area contributed by atoms with Crippen LogP contribution in [0.3, 0.4) is 0 Å². The van der Waals surface area contributed by atoms with E-state index in [2.05, 4.69) is 10.3 Å². The molecule has 33 heavy (non-hydrogen) atoms. The van der Waals surface area contributed by atoms with Gasteiger partial charge in [0.05, 0.1) is 32.9 Å². The van der Waals surface area contributed by atoms with E-state index >= 15 is 0 Å². The molecule has 0 aliphatic rings. The highest BCUT2D eigenvalue weighted by atomic mass is 32.1. The SMILES string of the molecule is O=C(Nc1ccccc1-c1nc2ccccc2o1)c1cc(-c2cccs2)nc2ccccc12. The molecule has 3 aromatic carbocycles. The molecule has 5 nitrogen and oxygen atoms in total. The Morgan fingerprint density at radius 1 is 0.818 bits per heavy atom. The Morgan fingerprint density at radius 3 is 2.45 bits per heavy atom. The van der Waals surface area contributed by atoms with Gasteiger partial charge in [-0.05, 0) is 47.8 Å². The van der Waals surface area contributed by atoms with Crippen molar-refractivity contribution in [3.8, 4) is 22.0 Å². The van der Waals surface area contributed by atoms with Crippen LogP contribution in [0, 0.1) is 0 Å². The number of nitrogens with zero attached hydrogens (tertiary/aromatic N) is 2. The molecule has 0 saturated carbocycles. The smallest absolute Gasteiger partial charge is 0.256 e. The number of rotatable bonds is 4. The summed E-state index contributed by atoms with van der Waals surface area (Å²) in [7, 11) is 0. The normalized spacial score (nSPS) is 11.2. The Hall–Kier alpha value is -4.29. The highest BCUT2D eigenvalue weighted by Crippen LogP contribution is 2.32. The van der Waals surface area contributed by atoms with E-state index < -0.39 is 0 Å². The average Bonchev–Trinajstić information content (AvgIpc) is 3.54. The number of hydrogen-bond acceptors (Lipinski definition) is 5. The molecule has 0 spiro atoms. The lowest BCUT2D eigenvalue weighted by atomic mass is 10.1. The van der Waals surface area contributed by atoms with E-state index in [1.54, 1.807) is 11.3 Å². The number of pyridine rings is 1. The lowest BCUT2D eigenvalue weighted by molar-refractivity contribution is 0.102. The van der Waals surface area contributed by atoms with Crippen molar-refractivity contribution in [1.82, 2.24) is 9.97 Å². The van der Waals surface area contributed by atoms with Crippen molar-refractivity contribution in [3.05, 3.63) is 102 Å². The van der Waals surface area contributed by atoms with E-state index in [9.17, 15) is 4.79 Å². The van der Waals surface area contributed by atoms with Gasteiger partial charge in [0.2, 0.25) is 5.89 Å². The zero-order valence-electron chi connectivity index (χ0n) is 17.4. The first kappa shape index (κ1) is 19.4. The van der Waals surface area contributed by atoms with Gasteiger partial charge in [0.15, 0.2) is 5.58 Å². The maximum atomic E-state index is 13.5. The number of nitrogens with one attached hydrogen (secondary N) is 1. The number of para-hydroxylation sites is 4. The summed E-state index contributed by atoms with van der Waals surface area (Å²) in [4.78, 5) is 23.9. The van der Waals surface area contributed by atoms with Crippen LogP contribution >= 0.6 is 11.3 Å². The third kappa shape index (κ3) is 3.56. The molecule has 0 atom stereocenters. The molecule has 6 heteroatoms. The molecule has 3 heterocycles. The van der Waals surface area contributed by atoms with Gasteiger partial charge in [0.25, 0.3) is 5.91 Å². The zero-order chi connectivity index (χ0) is 22.2. The van der Waals surface area contributed by atoms with Gasteiger partial charge in [-0.25, -0.2) is 9.97 Å². The van der Waals surface area contributed by atoms with E-state index in [0.29, 0.717) is 22.7 Å². The van der Waals surface area contributed by atoms with Gasteiger partial charge in [0, 0.05) is 5.39 Å². The molecule has 0 aliphatic carbocycles. The summed E-state index contributed by atoms with van der Waals surface area (Å²) in [5.74, 6) is 0.251. The Labute approximate surface area is 193 Å². The molecule has 0 fully saturated rings. The third-order valence-electron chi connectivity index (χ3n) is 5.43. The Kier molecular flexibility index (Phi) is 4.70. The summed E-state index contributed by atoms with van der Waals surface area (Å²) in [5, 5.41) is 5.87. The molecular formula is C27H17N3O2S. The van der Waals surface area contributed by atoms with Gasteiger partial charge in [-0.1, -0.05) is 48.5 Å². The number of benzene rings is 3. The molecule has 0 bridgehead atoms. The number of aromatic nitrogens is 2. The van der Waals surface area contributed by atoms with E-state index in [1.807, 2.05) is 96.4 Å². The highest BCUT2D eigenvalue weighted by Gasteiger charge is 2.18. The number of carbonyl (C=O) groups is 1. The molecule has 0 unspecified atom stereocenters. The van der Waals surface area contributed by atoms with Crippen LogP contribution in [0.1, 0.15) is 10.4 Å². The van der Waals surface area contributed by atoms with Gasteiger partial charge in [0.1, 0.15) is 5.52 Å². The molecular weight excluding hydrogens is 430 g/mol. The first-order chi connectivity index (χ1) is 16.3. The number of oxazole rings is 1. The van der Waals surface area contributed by atoms with Gasteiger partial charge in [-0.2, -0.15) is 0 Å². The molecule has 1 amide bonds. The average molecular weight is 448 g/mol. The van der Waals surface area contributed by atoms with Crippen LogP contribution in [-0.2, 0) is 0 Å². The van der Waals surface area contributed by atoms with Crippen LogP contribution in [0.15, 0.2) is 101 Å². The summed E-state index contributed by atoms with van der Waals surface area (Å²) in [5.41, 5.74) is 4.95. The Balaban J connectivity index is 1.42. The minimum absolute atomic E-state index is 0.213. The largest absolute Gasteiger partial charge is 0.436 e. The number of anilines is 1. The van der Waals surface area contributed by atoms with Crippen molar-refractivity contribution < 1.29 is 9.21 Å². The van der Waals surface area contributed by atoms with Crippen molar-refractivity contribution in [2.24, 2.45) is 0 Å². The maximum Gasteiger partial charge on any atom is 0.256 e. The quantitative estimate of drug-likeness (QED) is 0.315. The number of hydrogen-bond donors (Lipinski definition) is 1. The van der Waals surface area contributed by atoms with Gasteiger partial charge < -0.3 is 9.73 Å². The van der Waals surface area contributed by atoms with Crippen LogP contribution in [0.4, 0.5) is 5.69 Å².